The number of unbranched alkanes of at least 4 members (excludes halogenated alkanes) is 3. The third-order valence-electron chi connectivity index (χ3n) is 3.52. The molecule has 0 fully saturated rings. The monoisotopic (exact) mass is 277 g/mol. The lowest BCUT2D eigenvalue weighted by Crippen LogP contribution is -2.24. The normalized spacial score (nSPS) is 12.6. The first-order chi connectivity index (χ1) is 9.77. The molecule has 0 aromatic heterocycles. The second-order valence-electron chi connectivity index (χ2n) is 5.53. The van der Waals surface area contributed by atoms with E-state index in [-0.39, 0.29) is 6.10 Å². The van der Waals surface area contributed by atoms with Gasteiger partial charge in [-0.3, -0.25) is 0 Å². The van der Waals surface area contributed by atoms with E-state index < -0.39 is 0 Å². The fraction of sp³-hybridized carbons (Fsp3) is 0.667. The number of benzene rings is 1. The first kappa shape index (κ1) is 17.2. The molecule has 1 aromatic rings. The van der Waals surface area contributed by atoms with E-state index >= 15 is 0 Å². The molecule has 0 aliphatic carbocycles. The SMILES string of the molecule is CCCCCCOC(CNCCC)c1ccc(C)cc1. The topological polar surface area (TPSA) is 21.3 Å². The molecule has 0 amide bonds. The molecule has 0 bridgehead atoms. The van der Waals surface area contributed by atoms with E-state index in [1.54, 1.807) is 0 Å². The van der Waals surface area contributed by atoms with Crippen LogP contribution < -0.4 is 5.32 Å². The molecule has 1 aromatic carbocycles. The standard InChI is InChI=1S/C18H31NO/c1-4-6-7-8-14-20-18(15-19-13-5-2)17-11-9-16(3)10-12-17/h9-12,18-19H,4-8,13-15H2,1-3H3. The van der Waals surface area contributed by atoms with Gasteiger partial charge in [0.1, 0.15) is 0 Å². The Morgan fingerprint density at radius 3 is 2.40 bits per heavy atom. The van der Waals surface area contributed by atoms with E-state index in [0.717, 1.165) is 26.1 Å². The summed E-state index contributed by atoms with van der Waals surface area (Å²) in [6.07, 6.45) is 6.39. The van der Waals surface area contributed by atoms with Gasteiger partial charge in [0.2, 0.25) is 0 Å². The van der Waals surface area contributed by atoms with E-state index in [4.69, 9.17) is 4.74 Å². The Bertz CT molecular complexity index is 334. The molecule has 1 rings (SSSR count). The number of rotatable bonds is 11. The predicted molar refractivity (Wildman–Crippen MR) is 87.2 cm³/mol. The van der Waals surface area contributed by atoms with Gasteiger partial charge in [-0.25, -0.2) is 0 Å². The number of hydrogen-bond acceptors (Lipinski definition) is 2. The molecule has 0 radical (unpaired) electrons. The van der Waals surface area contributed by atoms with Gasteiger partial charge in [0.05, 0.1) is 6.10 Å². The van der Waals surface area contributed by atoms with Gasteiger partial charge in [-0.2, -0.15) is 0 Å². The van der Waals surface area contributed by atoms with Crippen molar-refractivity contribution in [2.75, 3.05) is 19.7 Å². The Labute approximate surface area is 124 Å². The molecule has 0 heterocycles. The van der Waals surface area contributed by atoms with Crippen molar-refractivity contribution < 1.29 is 4.74 Å². The van der Waals surface area contributed by atoms with Gasteiger partial charge in [-0.15, -0.1) is 0 Å². The van der Waals surface area contributed by atoms with Crippen LogP contribution in [0.3, 0.4) is 0 Å². The summed E-state index contributed by atoms with van der Waals surface area (Å²) in [5.41, 5.74) is 2.59. The van der Waals surface area contributed by atoms with Crippen LogP contribution in [-0.4, -0.2) is 19.7 Å². The van der Waals surface area contributed by atoms with E-state index in [1.165, 1.54) is 36.8 Å². The van der Waals surface area contributed by atoms with Gasteiger partial charge in [-0.1, -0.05) is 62.9 Å². The van der Waals surface area contributed by atoms with Crippen molar-refractivity contribution in [1.29, 1.82) is 0 Å². The van der Waals surface area contributed by atoms with Gasteiger partial charge >= 0.3 is 0 Å². The quantitative estimate of drug-likeness (QED) is 0.595. The highest BCUT2D eigenvalue weighted by atomic mass is 16.5. The molecule has 0 saturated heterocycles. The molecule has 1 unspecified atom stereocenters. The minimum Gasteiger partial charge on any atom is -0.372 e. The number of ether oxygens (including phenoxy) is 1. The maximum absolute atomic E-state index is 6.10. The van der Waals surface area contributed by atoms with Gasteiger partial charge in [-0.05, 0) is 31.9 Å². The van der Waals surface area contributed by atoms with Crippen molar-refractivity contribution in [3.05, 3.63) is 35.4 Å². The average Bonchev–Trinajstić information content (AvgIpc) is 2.46. The maximum atomic E-state index is 6.10. The molecular formula is C18H31NO. The van der Waals surface area contributed by atoms with Gasteiger partial charge in [0.15, 0.2) is 0 Å². The molecule has 114 valence electrons. The largest absolute Gasteiger partial charge is 0.372 e. The summed E-state index contributed by atoms with van der Waals surface area (Å²) in [6.45, 7) is 9.39. The van der Waals surface area contributed by atoms with Crippen molar-refractivity contribution >= 4 is 0 Å². The minimum absolute atomic E-state index is 0.184. The van der Waals surface area contributed by atoms with E-state index in [2.05, 4.69) is 50.4 Å². The molecule has 2 heteroatoms. The predicted octanol–water partition coefficient (Wildman–Crippen LogP) is 4.63. The van der Waals surface area contributed by atoms with Gasteiger partial charge in [0.25, 0.3) is 0 Å². The molecule has 0 spiro atoms. The molecule has 1 atom stereocenters. The summed E-state index contributed by atoms with van der Waals surface area (Å²) in [5, 5.41) is 3.48. The van der Waals surface area contributed by atoms with Crippen molar-refractivity contribution in [2.24, 2.45) is 0 Å². The molecule has 0 aliphatic rings. The van der Waals surface area contributed by atoms with Crippen LogP contribution in [0, 0.1) is 6.92 Å². The highest BCUT2D eigenvalue weighted by molar-refractivity contribution is 5.23. The van der Waals surface area contributed by atoms with Crippen molar-refractivity contribution in [3.63, 3.8) is 0 Å². The van der Waals surface area contributed by atoms with Crippen LogP contribution in [0.1, 0.15) is 63.2 Å². The van der Waals surface area contributed by atoms with Crippen LogP contribution in [0.5, 0.6) is 0 Å². The van der Waals surface area contributed by atoms with E-state index in [0.29, 0.717) is 0 Å². The fourth-order valence-corrected chi connectivity index (χ4v) is 2.22. The second-order valence-corrected chi connectivity index (χ2v) is 5.53. The Balaban J connectivity index is 2.44. The molecule has 0 aliphatic heterocycles. The zero-order valence-corrected chi connectivity index (χ0v) is 13.5. The third kappa shape index (κ3) is 7.06. The van der Waals surface area contributed by atoms with Crippen molar-refractivity contribution in [3.8, 4) is 0 Å². The van der Waals surface area contributed by atoms with Crippen LogP contribution >= 0.6 is 0 Å². The Morgan fingerprint density at radius 1 is 1.00 bits per heavy atom. The van der Waals surface area contributed by atoms with Gasteiger partial charge in [0, 0.05) is 13.2 Å². The molecule has 0 saturated carbocycles. The number of nitrogens with one attached hydrogen (secondary N) is 1. The van der Waals surface area contributed by atoms with Crippen LogP contribution in [0.2, 0.25) is 0 Å². The summed E-state index contributed by atoms with van der Waals surface area (Å²) < 4.78 is 6.10. The lowest BCUT2D eigenvalue weighted by molar-refractivity contribution is 0.0500. The Morgan fingerprint density at radius 2 is 1.75 bits per heavy atom. The molecule has 20 heavy (non-hydrogen) atoms. The fourth-order valence-electron chi connectivity index (χ4n) is 2.22. The highest BCUT2D eigenvalue weighted by Gasteiger charge is 2.11. The highest BCUT2D eigenvalue weighted by Crippen LogP contribution is 2.18. The first-order valence-electron chi connectivity index (χ1n) is 8.16. The first-order valence-corrected chi connectivity index (χ1v) is 8.16. The summed E-state index contributed by atoms with van der Waals surface area (Å²) in [6, 6.07) is 8.73. The second kappa shape index (κ2) is 10.9. The number of aryl methyl sites for hydroxylation is 1. The smallest absolute Gasteiger partial charge is 0.0949 e. The summed E-state index contributed by atoms with van der Waals surface area (Å²) in [7, 11) is 0. The van der Waals surface area contributed by atoms with Crippen LogP contribution in [-0.2, 0) is 4.74 Å². The lowest BCUT2D eigenvalue weighted by atomic mass is 10.1. The zero-order valence-electron chi connectivity index (χ0n) is 13.5. The van der Waals surface area contributed by atoms with Crippen LogP contribution in [0.25, 0.3) is 0 Å². The number of hydrogen-bond donors (Lipinski definition) is 1. The Hall–Kier alpha value is -0.860. The van der Waals surface area contributed by atoms with Crippen LogP contribution in [0.4, 0.5) is 0 Å². The average molecular weight is 277 g/mol. The maximum Gasteiger partial charge on any atom is 0.0949 e. The lowest BCUT2D eigenvalue weighted by Gasteiger charge is -2.19. The van der Waals surface area contributed by atoms with E-state index in [9.17, 15) is 0 Å². The zero-order chi connectivity index (χ0) is 14.6. The van der Waals surface area contributed by atoms with Crippen molar-refractivity contribution in [1.82, 2.24) is 5.32 Å². The minimum atomic E-state index is 0.184. The third-order valence-corrected chi connectivity index (χ3v) is 3.52. The van der Waals surface area contributed by atoms with Gasteiger partial charge < -0.3 is 10.1 Å². The molecule has 2 nitrogen and oxygen atoms in total. The summed E-state index contributed by atoms with van der Waals surface area (Å²) >= 11 is 0. The van der Waals surface area contributed by atoms with E-state index in [1.807, 2.05) is 0 Å². The van der Waals surface area contributed by atoms with Crippen molar-refractivity contribution in [2.45, 2.75) is 59.0 Å². The molecular weight excluding hydrogens is 246 g/mol. The summed E-state index contributed by atoms with van der Waals surface area (Å²) in [5.74, 6) is 0. The summed E-state index contributed by atoms with van der Waals surface area (Å²) in [4.78, 5) is 0. The Kier molecular flexibility index (Phi) is 9.35. The molecule has 1 N–H and O–H groups in total. The van der Waals surface area contributed by atoms with Crippen LogP contribution in [0.15, 0.2) is 24.3 Å².